The van der Waals surface area contributed by atoms with Crippen molar-refractivity contribution in [3.05, 3.63) is 18.5 Å². The Morgan fingerprint density at radius 3 is 3.25 bits per heavy atom. The van der Waals surface area contributed by atoms with E-state index in [4.69, 9.17) is 0 Å². The summed E-state index contributed by atoms with van der Waals surface area (Å²) in [7, 11) is 0. The number of carbonyl (C=O) groups excluding carboxylic acids is 1. The Morgan fingerprint density at radius 2 is 2.56 bits per heavy atom. The molecule has 88 valence electrons. The molecule has 1 aliphatic rings. The molecule has 1 amide bonds. The van der Waals surface area contributed by atoms with Gasteiger partial charge in [-0.3, -0.25) is 9.48 Å². The van der Waals surface area contributed by atoms with Crippen molar-refractivity contribution in [2.45, 2.75) is 38.4 Å². The average molecular weight is 222 g/mol. The molecule has 5 heteroatoms. The normalized spacial score (nSPS) is 25.3. The summed E-state index contributed by atoms with van der Waals surface area (Å²) >= 11 is 0. The Labute approximate surface area is 95.2 Å². The van der Waals surface area contributed by atoms with Crippen LogP contribution in [0.1, 0.15) is 19.8 Å². The van der Waals surface area contributed by atoms with Crippen LogP contribution < -0.4 is 10.6 Å². The second kappa shape index (κ2) is 5.12. The molecule has 2 atom stereocenters. The van der Waals surface area contributed by atoms with Gasteiger partial charge in [0.2, 0.25) is 5.91 Å². The minimum absolute atomic E-state index is 0.0443. The molecule has 1 saturated heterocycles. The maximum Gasteiger partial charge on any atom is 0.241 e. The highest BCUT2D eigenvalue weighted by Gasteiger charge is 2.19. The molecule has 2 rings (SSSR count). The molecule has 0 spiro atoms. The second-order valence-electron chi connectivity index (χ2n) is 4.35. The van der Waals surface area contributed by atoms with Crippen LogP contribution in [-0.2, 0) is 11.3 Å². The SMILES string of the molecule is CC1CC(NC(=O)Cn2cccn2)CCN1. The van der Waals surface area contributed by atoms with Crippen LogP contribution in [0, 0.1) is 0 Å². The van der Waals surface area contributed by atoms with Crippen LogP contribution in [0.25, 0.3) is 0 Å². The van der Waals surface area contributed by atoms with Crippen molar-refractivity contribution in [1.82, 2.24) is 20.4 Å². The van der Waals surface area contributed by atoms with Crippen molar-refractivity contribution in [2.75, 3.05) is 6.54 Å². The fourth-order valence-electron chi connectivity index (χ4n) is 2.08. The summed E-state index contributed by atoms with van der Waals surface area (Å²) in [6, 6.07) is 2.61. The molecule has 2 N–H and O–H groups in total. The molecule has 0 saturated carbocycles. The molecule has 0 aliphatic carbocycles. The van der Waals surface area contributed by atoms with Crippen molar-refractivity contribution in [3.63, 3.8) is 0 Å². The van der Waals surface area contributed by atoms with Gasteiger partial charge in [-0.25, -0.2) is 0 Å². The molecule has 16 heavy (non-hydrogen) atoms. The number of piperidine rings is 1. The Morgan fingerprint density at radius 1 is 1.69 bits per heavy atom. The summed E-state index contributed by atoms with van der Waals surface area (Å²) in [5.74, 6) is 0.0443. The third kappa shape index (κ3) is 3.06. The molecule has 0 aromatic carbocycles. The monoisotopic (exact) mass is 222 g/mol. The molecule has 0 bridgehead atoms. The first kappa shape index (κ1) is 11.1. The van der Waals surface area contributed by atoms with Crippen LogP contribution in [0.5, 0.6) is 0 Å². The highest BCUT2D eigenvalue weighted by atomic mass is 16.2. The minimum Gasteiger partial charge on any atom is -0.352 e. The minimum atomic E-state index is 0.0443. The molecule has 2 unspecified atom stereocenters. The zero-order valence-corrected chi connectivity index (χ0v) is 9.52. The first-order valence-corrected chi connectivity index (χ1v) is 5.74. The lowest BCUT2D eigenvalue weighted by atomic mass is 10.0. The Hall–Kier alpha value is -1.36. The second-order valence-corrected chi connectivity index (χ2v) is 4.35. The number of nitrogens with one attached hydrogen (secondary N) is 2. The maximum absolute atomic E-state index is 11.7. The smallest absolute Gasteiger partial charge is 0.241 e. The lowest BCUT2D eigenvalue weighted by Gasteiger charge is -2.28. The summed E-state index contributed by atoms with van der Waals surface area (Å²) in [6.07, 6.45) is 5.49. The van der Waals surface area contributed by atoms with E-state index in [9.17, 15) is 4.79 Å². The number of hydrogen-bond acceptors (Lipinski definition) is 3. The highest BCUT2D eigenvalue weighted by molar-refractivity contribution is 5.75. The summed E-state index contributed by atoms with van der Waals surface area (Å²) < 4.78 is 1.64. The Balaban J connectivity index is 1.78. The predicted octanol–water partition coefficient (Wildman–Crippen LogP) is 0.140. The van der Waals surface area contributed by atoms with E-state index < -0.39 is 0 Å². The zero-order chi connectivity index (χ0) is 11.4. The molecule has 1 fully saturated rings. The first-order chi connectivity index (χ1) is 7.74. The number of carbonyl (C=O) groups is 1. The van der Waals surface area contributed by atoms with Gasteiger partial charge < -0.3 is 10.6 Å². The summed E-state index contributed by atoms with van der Waals surface area (Å²) in [5, 5.41) is 10.4. The van der Waals surface area contributed by atoms with Gasteiger partial charge in [0.25, 0.3) is 0 Å². The van der Waals surface area contributed by atoms with E-state index in [1.165, 1.54) is 0 Å². The number of hydrogen-bond donors (Lipinski definition) is 2. The van der Waals surface area contributed by atoms with Gasteiger partial charge in [-0.1, -0.05) is 0 Å². The first-order valence-electron chi connectivity index (χ1n) is 5.74. The van der Waals surface area contributed by atoms with Gasteiger partial charge in [0, 0.05) is 24.5 Å². The molecule has 1 aromatic heterocycles. The molecule has 0 radical (unpaired) electrons. The molecular weight excluding hydrogens is 204 g/mol. The fraction of sp³-hybridized carbons (Fsp3) is 0.636. The van der Waals surface area contributed by atoms with Gasteiger partial charge in [0.1, 0.15) is 6.54 Å². The highest BCUT2D eigenvalue weighted by Crippen LogP contribution is 2.07. The van der Waals surface area contributed by atoms with Crippen molar-refractivity contribution >= 4 is 5.91 Å². The van der Waals surface area contributed by atoms with Crippen LogP contribution in [-0.4, -0.2) is 34.3 Å². The van der Waals surface area contributed by atoms with Crippen molar-refractivity contribution in [1.29, 1.82) is 0 Å². The van der Waals surface area contributed by atoms with Crippen molar-refractivity contribution in [3.8, 4) is 0 Å². The molecule has 1 aromatic rings. The van der Waals surface area contributed by atoms with E-state index in [0.29, 0.717) is 18.6 Å². The van der Waals surface area contributed by atoms with Crippen LogP contribution in [0.15, 0.2) is 18.5 Å². The maximum atomic E-state index is 11.7. The van der Waals surface area contributed by atoms with Gasteiger partial charge in [-0.15, -0.1) is 0 Å². The van der Waals surface area contributed by atoms with Crippen LogP contribution in [0.2, 0.25) is 0 Å². The number of amides is 1. The summed E-state index contributed by atoms with van der Waals surface area (Å²) in [6.45, 7) is 3.44. The lowest BCUT2D eigenvalue weighted by Crippen LogP contribution is -2.47. The molecule has 1 aliphatic heterocycles. The van der Waals surface area contributed by atoms with Gasteiger partial charge in [0.15, 0.2) is 0 Å². The number of rotatable bonds is 3. The Kier molecular flexibility index (Phi) is 3.56. The zero-order valence-electron chi connectivity index (χ0n) is 9.52. The topological polar surface area (TPSA) is 59.0 Å². The summed E-state index contributed by atoms with van der Waals surface area (Å²) in [5.41, 5.74) is 0. The average Bonchev–Trinajstić information content (AvgIpc) is 2.70. The van der Waals surface area contributed by atoms with E-state index in [-0.39, 0.29) is 5.91 Å². The fourth-order valence-corrected chi connectivity index (χ4v) is 2.08. The van der Waals surface area contributed by atoms with Crippen molar-refractivity contribution in [2.24, 2.45) is 0 Å². The molecular formula is C11H18N4O. The van der Waals surface area contributed by atoms with Gasteiger partial charge in [-0.2, -0.15) is 5.10 Å². The quantitative estimate of drug-likeness (QED) is 0.765. The van der Waals surface area contributed by atoms with Crippen LogP contribution in [0.4, 0.5) is 0 Å². The van der Waals surface area contributed by atoms with Gasteiger partial charge >= 0.3 is 0 Å². The molecule has 2 heterocycles. The molecule has 5 nitrogen and oxygen atoms in total. The van der Waals surface area contributed by atoms with Crippen molar-refractivity contribution < 1.29 is 4.79 Å². The van der Waals surface area contributed by atoms with Gasteiger partial charge in [0.05, 0.1) is 0 Å². The van der Waals surface area contributed by atoms with E-state index in [1.54, 1.807) is 17.1 Å². The third-order valence-corrected chi connectivity index (χ3v) is 2.85. The van der Waals surface area contributed by atoms with Crippen LogP contribution in [0.3, 0.4) is 0 Å². The van der Waals surface area contributed by atoms with E-state index >= 15 is 0 Å². The lowest BCUT2D eigenvalue weighted by molar-refractivity contribution is -0.122. The number of aromatic nitrogens is 2. The largest absolute Gasteiger partial charge is 0.352 e. The van der Waals surface area contributed by atoms with Gasteiger partial charge in [-0.05, 0) is 32.4 Å². The summed E-state index contributed by atoms with van der Waals surface area (Å²) in [4.78, 5) is 11.7. The number of nitrogens with zero attached hydrogens (tertiary/aromatic N) is 2. The predicted molar refractivity (Wildman–Crippen MR) is 60.9 cm³/mol. The van der Waals surface area contributed by atoms with E-state index in [1.807, 2.05) is 6.07 Å². The van der Waals surface area contributed by atoms with E-state index in [0.717, 1.165) is 19.4 Å². The third-order valence-electron chi connectivity index (χ3n) is 2.85. The Bertz CT molecular complexity index is 336. The van der Waals surface area contributed by atoms with E-state index in [2.05, 4.69) is 22.7 Å². The standard InChI is InChI=1S/C11H18N4O/c1-9-7-10(3-5-12-9)14-11(16)8-15-6-2-4-13-15/h2,4,6,9-10,12H,3,5,7-8H2,1H3,(H,14,16). The van der Waals surface area contributed by atoms with Crippen LogP contribution >= 0.6 is 0 Å².